The van der Waals surface area contributed by atoms with E-state index in [-0.39, 0.29) is 15.6 Å². The molecule has 0 bridgehead atoms. The van der Waals surface area contributed by atoms with E-state index in [0.29, 0.717) is 0 Å². The van der Waals surface area contributed by atoms with Crippen LogP contribution in [0, 0.1) is 5.82 Å². The first-order valence-corrected chi connectivity index (χ1v) is 3.60. The Bertz CT molecular complexity index is 273. The molecule has 1 rings (SSSR count). The van der Waals surface area contributed by atoms with E-state index in [1.165, 1.54) is 0 Å². The lowest BCUT2D eigenvalue weighted by atomic mass is 10.2. The summed E-state index contributed by atoms with van der Waals surface area (Å²) in [6.45, 7) is -0.809. The molecule has 0 heterocycles. The Kier molecular flexibility index (Phi) is 2.68. The summed E-state index contributed by atoms with van der Waals surface area (Å²) in [4.78, 5) is 0. The molecule has 0 amide bonds. The van der Waals surface area contributed by atoms with E-state index in [0.717, 1.165) is 12.1 Å². The van der Waals surface area contributed by atoms with Gasteiger partial charge in [-0.2, -0.15) is 0 Å². The minimum Gasteiger partial charge on any atom is -0.246 e. The van der Waals surface area contributed by atoms with Gasteiger partial charge in [0.15, 0.2) is 0 Å². The Balaban J connectivity index is 3.24. The first-order valence-electron chi connectivity index (χ1n) is 2.84. The van der Waals surface area contributed by atoms with E-state index < -0.39 is 12.5 Å². The number of benzene rings is 1. The maximum absolute atomic E-state index is 12.5. The van der Waals surface area contributed by atoms with Crippen LogP contribution in [0.2, 0.25) is 10.0 Å². The van der Waals surface area contributed by atoms with Gasteiger partial charge >= 0.3 is 0 Å². The zero-order valence-electron chi connectivity index (χ0n) is 5.37. The van der Waals surface area contributed by atoms with E-state index in [4.69, 9.17) is 23.2 Å². The van der Waals surface area contributed by atoms with Crippen LogP contribution in [0.5, 0.6) is 0 Å². The predicted molar refractivity (Wildman–Crippen MR) is 41.2 cm³/mol. The van der Waals surface area contributed by atoms with Crippen molar-refractivity contribution in [3.63, 3.8) is 0 Å². The van der Waals surface area contributed by atoms with Gasteiger partial charge in [-0.25, -0.2) is 8.78 Å². The number of rotatable bonds is 1. The average Bonchev–Trinajstić information content (AvgIpc) is 1.96. The summed E-state index contributed by atoms with van der Waals surface area (Å²) in [6, 6.07) is 2.07. The molecule has 4 heteroatoms. The Morgan fingerprint density at radius 1 is 1.27 bits per heavy atom. The summed E-state index contributed by atoms with van der Waals surface area (Å²) in [5.41, 5.74) is 0.0802. The molecule has 0 radical (unpaired) electrons. The van der Waals surface area contributed by atoms with Gasteiger partial charge in [-0.3, -0.25) is 0 Å². The molecule has 0 aliphatic heterocycles. The van der Waals surface area contributed by atoms with Gasteiger partial charge in [0.1, 0.15) is 12.5 Å². The van der Waals surface area contributed by atoms with Gasteiger partial charge in [0.05, 0.1) is 10.0 Å². The predicted octanol–water partition coefficient (Wildman–Crippen LogP) is 3.60. The summed E-state index contributed by atoms with van der Waals surface area (Å²) in [7, 11) is 0. The first kappa shape index (κ1) is 8.75. The van der Waals surface area contributed by atoms with Crippen molar-refractivity contribution in [3.8, 4) is 0 Å². The number of hydrogen-bond acceptors (Lipinski definition) is 0. The summed E-state index contributed by atoms with van der Waals surface area (Å²) in [5, 5.41) is 0.120. The minimum atomic E-state index is -0.809. The Labute approximate surface area is 72.7 Å². The van der Waals surface area contributed by atoms with Gasteiger partial charge in [-0.05, 0) is 12.1 Å². The van der Waals surface area contributed by atoms with Crippen molar-refractivity contribution in [2.75, 3.05) is 0 Å². The summed E-state index contributed by atoms with van der Waals surface area (Å²) in [6.07, 6.45) is 0. The summed E-state index contributed by atoms with van der Waals surface area (Å²) >= 11 is 11.0. The smallest absolute Gasteiger partial charge is 0.125 e. The highest BCUT2D eigenvalue weighted by Gasteiger charge is 2.06. The molecule has 60 valence electrons. The van der Waals surface area contributed by atoms with Crippen LogP contribution in [-0.2, 0) is 6.67 Å². The lowest BCUT2D eigenvalue weighted by molar-refractivity contribution is 0.482. The number of hydrogen-bond donors (Lipinski definition) is 0. The lowest BCUT2D eigenvalue weighted by Gasteiger charge is -2.00. The Morgan fingerprint density at radius 2 is 1.91 bits per heavy atom. The third-order valence-corrected chi connectivity index (χ3v) is 2.05. The van der Waals surface area contributed by atoms with Crippen LogP contribution in [0.1, 0.15) is 5.56 Å². The van der Waals surface area contributed by atoms with Crippen LogP contribution >= 0.6 is 23.2 Å². The largest absolute Gasteiger partial charge is 0.246 e. The van der Waals surface area contributed by atoms with Gasteiger partial charge in [0.25, 0.3) is 0 Å². The summed E-state index contributed by atoms with van der Waals surface area (Å²) in [5.74, 6) is -0.577. The highest BCUT2D eigenvalue weighted by atomic mass is 35.5. The first-order chi connectivity index (χ1) is 5.15. The van der Waals surface area contributed by atoms with E-state index in [1.807, 2.05) is 0 Å². The highest BCUT2D eigenvalue weighted by Crippen LogP contribution is 2.27. The second-order valence-corrected chi connectivity index (χ2v) is 2.78. The standard InChI is InChI=1S/C7H4Cl2F2/c8-6-2-5(11)1-4(3-10)7(6)9/h1-2H,3H2. The number of halogens is 4. The molecule has 0 fully saturated rings. The molecule has 0 aliphatic rings. The zero-order valence-corrected chi connectivity index (χ0v) is 6.89. The topological polar surface area (TPSA) is 0 Å². The van der Waals surface area contributed by atoms with Crippen LogP contribution < -0.4 is 0 Å². The van der Waals surface area contributed by atoms with Gasteiger partial charge in [0.2, 0.25) is 0 Å². The Morgan fingerprint density at radius 3 is 2.45 bits per heavy atom. The highest BCUT2D eigenvalue weighted by molar-refractivity contribution is 6.42. The second-order valence-electron chi connectivity index (χ2n) is 1.99. The molecule has 0 saturated carbocycles. The molecule has 1 aromatic rings. The molecule has 0 aliphatic carbocycles. The SMILES string of the molecule is FCc1cc(F)cc(Cl)c1Cl. The normalized spacial score (nSPS) is 10.2. The maximum Gasteiger partial charge on any atom is 0.125 e. The van der Waals surface area contributed by atoms with Crippen LogP contribution in [0.15, 0.2) is 12.1 Å². The molecule has 11 heavy (non-hydrogen) atoms. The van der Waals surface area contributed by atoms with E-state index in [1.54, 1.807) is 0 Å². The fourth-order valence-corrected chi connectivity index (χ4v) is 1.09. The van der Waals surface area contributed by atoms with Gasteiger partial charge in [-0.15, -0.1) is 0 Å². The fraction of sp³-hybridized carbons (Fsp3) is 0.143. The van der Waals surface area contributed by atoms with E-state index in [9.17, 15) is 8.78 Å². The summed E-state index contributed by atoms with van der Waals surface area (Å²) < 4.78 is 24.5. The quantitative estimate of drug-likeness (QED) is 0.603. The van der Waals surface area contributed by atoms with Crippen LogP contribution in [0.4, 0.5) is 8.78 Å². The van der Waals surface area contributed by atoms with Crippen molar-refractivity contribution in [2.45, 2.75) is 6.67 Å². The van der Waals surface area contributed by atoms with Crippen molar-refractivity contribution in [1.82, 2.24) is 0 Å². The third kappa shape index (κ3) is 1.82. The van der Waals surface area contributed by atoms with Crippen molar-refractivity contribution >= 4 is 23.2 Å². The van der Waals surface area contributed by atoms with Crippen LogP contribution in [-0.4, -0.2) is 0 Å². The van der Waals surface area contributed by atoms with Crippen molar-refractivity contribution in [2.24, 2.45) is 0 Å². The molecule has 0 unspecified atom stereocenters. The van der Waals surface area contributed by atoms with Gasteiger partial charge < -0.3 is 0 Å². The average molecular weight is 197 g/mol. The molecular formula is C7H4Cl2F2. The Hall–Kier alpha value is -0.340. The van der Waals surface area contributed by atoms with Gasteiger partial charge in [0, 0.05) is 5.56 Å². The molecular weight excluding hydrogens is 193 g/mol. The molecule has 0 spiro atoms. The molecule has 0 nitrogen and oxygen atoms in total. The molecule has 0 N–H and O–H groups in total. The fourth-order valence-electron chi connectivity index (χ4n) is 0.707. The molecule has 1 aromatic carbocycles. The third-order valence-electron chi connectivity index (χ3n) is 1.21. The maximum atomic E-state index is 12.5. The van der Waals surface area contributed by atoms with Crippen molar-refractivity contribution in [3.05, 3.63) is 33.6 Å². The van der Waals surface area contributed by atoms with Crippen LogP contribution in [0.3, 0.4) is 0 Å². The zero-order chi connectivity index (χ0) is 8.43. The molecule has 0 atom stereocenters. The second kappa shape index (κ2) is 3.37. The van der Waals surface area contributed by atoms with Crippen molar-refractivity contribution in [1.29, 1.82) is 0 Å². The van der Waals surface area contributed by atoms with Crippen LogP contribution in [0.25, 0.3) is 0 Å². The minimum absolute atomic E-state index is 0.0410. The van der Waals surface area contributed by atoms with Gasteiger partial charge in [-0.1, -0.05) is 23.2 Å². The van der Waals surface area contributed by atoms with E-state index in [2.05, 4.69) is 0 Å². The van der Waals surface area contributed by atoms with E-state index >= 15 is 0 Å². The monoisotopic (exact) mass is 196 g/mol. The number of alkyl halides is 1. The molecule has 0 aromatic heterocycles. The molecule has 0 saturated heterocycles. The lowest BCUT2D eigenvalue weighted by Crippen LogP contribution is -1.84. The van der Waals surface area contributed by atoms with Crippen molar-refractivity contribution < 1.29 is 8.78 Å².